The van der Waals surface area contributed by atoms with Crippen LogP contribution in [0.4, 0.5) is 13.2 Å². The highest BCUT2D eigenvalue weighted by molar-refractivity contribution is 7.93. The van der Waals surface area contributed by atoms with Crippen LogP contribution in [-0.4, -0.2) is 28.5 Å². The minimum absolute atomic E-state index is 0.0949. The largest absolute Gasteiger partial charge is 0.497 e. The summed E-state index contributed by atoms with van der Waals surface area (Å²) in [5.74, 6) is -1.65. The summed E-state index contributed by atoms with van der Waals surface area (Å²) in [4.78, 5) is 16.1. The molecule has 0 bridgehead atoms. The van der Waals surface area contributed by atoms with Crippen LogP contribution in [0, 0.1) is 0 Å². The Morgan fingerprint density at radius 3 is 2.23 bits per heavy atom. The van der Waals surface area contributed by atoms with Gasteiger partial charge in [0.1, 0.15) is 11.4 Å². The Morgan fingerprint density at radius 1 is 1.13 bits per heavy atom. The van der Waals surface area contributed by atoms with Crippen LogP contribution in [0.1, 0.15) is 16.2 Å². The number of benzene rings is 2. The van der Waals surface area contributed by atoms with E-state index in [0.717, 1.165) is 0 Å². The van der Waals surface area contributed by atoms with Gasteiger partial charge in [0.2, 0.25) is 5.22 Å². The van der Waals surface area contributed by atoms with E-state index >= 15 is 0 Å². The second kappa shape index (κ2) is 8.11. The molecule has 0 saturated heterocycles. The maximum atomic E-state index is 12.8. The van der Waals surface area contributed by atoms with Crippen molar-refractivity contribution in [2.75, 3.05) is 13.4 Å². The molecule has 1 unspecified atom stereocenters. The summed E-state index contributed by atoms with van der Waals surface area (Å²) in [6, 6.07) is 11.6. The molecule has 3 aromatic rings. The fourth-order valence-electron chi connectivity index (χ4n) is 2.46. The van der Waals surface area contributed by atoms with Gasteiger partial charge in [0.05, 0.1) is 16.8 Å². The molecular formula is C19H14ClF3N2O4S. The molecule has 6 nitrogen and oxygen atoms in total. The summed E-state index contributed by atoms with van der Waals surface area (Å²) in [7, 11) is -1.53. The molecule has 0 N–H and O–H groups in total. The number of nitrogens with zero attached hydrogens (tertiary/aromatic N) is 2. The van der Waals surface area contributed by atoms with E-state index in [0.29, 0.717) is 10.6 Å². The Bertz CT molecular complexity index is 1200. The molecule has 1 aromatic heterocycles. The summed E-state index contributed by atoms with van der Waals surface area (Å²) in [6.07, 6.45) is -3.45. The first-order valence-electron chi connectivity index (χ1n) is 8.26. The molecule has 0 spiro atoms. The van der Waals surface area contributed by atoms with Gasteiger partial charge < -0.3 is 9.15 Å². The number of halogens is 4. The van der Waals surface area contributed by atoms with Crippen molar-refractivity contribution in [1.29, 1.82) is 0 Å². The maximum absolute atomic E-state index is 12.8. The standard InChI is InChI=1S/C19H14ClF3N2O4S/c1-28-13-7-9-14(10-8-13)30(2,27)25-17(26)12-5-3-11(4-6-12)15-16(20)29-18(24-15)19(21,22)23/h3-10H,1-2H3. The van der Waals surface area contributed by atoms with Crippen molar-refractivity contribution in [3.63, 3.8) is 0 Å². The van der Waals surface area contributed by atoms with Gasteiger partial charge in [-0.05, 0) is 48.0 Å². The minimum Gasteiger partial charge on any atom is -0.497 e. The minimum atomic E-state index is -4.78. The van der Waals surface area contributed by atoms with Crippen molar-refractivity contribution in [2.24, 2.45) is 4.36 Å². The maximum Gasteiger partial charge on any atom is 0.469 e. The first kappa shape index (κ1) is 21.8. The van der Waals surface area contributed by atoms with Gasteiger partial charge in [-0.1, -0.05) is 12.1 Å². The Morgan fingerprint density at radius 2 is 1.73 bits per heavy atom. The molecule has 0 aliphatic rings. The van der Waals surface area contributed by atoms with Crippen LogP contribution in [-0.2, 0) is 15.9 Å². The molecule has 1 amide bonds. The Labute approximate surface area is 174 Å². The van der Waals surface area contributed by atoms with Crippen molar-refractivity contribution < 1.29 is 31.3 Å². The number of alkyl halides is 3. The third-order valence-corrected chi connectivity index (χ3v) is 5.90. The quantitative estimate of drug-likeness (QED) is 0.528. The van der Waals surface area contributed by atoms with Crippen molar-refractivity contribution in [3.8, 4) is 17.0 Å². The van der Waals surface area contributed by atoms with E-state index in [1.54, 1.807) is 24.3 Å². The van der Waals surface area contributed by atoms with Gasteiger partial charge in [-0.3, -0.25) is 4.79 Å². The summed E-state index contributed by atoms with van der Waals surface area (Å²) >= 11 is 5.70. The second-order valence-corrected chi connectivity index (χ2v) is 8.69. The molecular weight excluding hydrogens is 445 g/mol. The molecule has 30 heavy (non-hydrogen) atoms. The average molecular weight is 459 g/mol. The lowest BCUT2D eigenvalue weighted by atomic mass is 10.1. The molecule has 3 rings (SSSR count). The number of methoxy groups -OCH3 is 1. The highest BCUT2D eigenvalue weighted by Gasteiger charge is 2.38. The van der Waals surface area contributed by atoms with Gasteiger partial charge in [0, 0.05) is 22.3 Å². The lowest BCUT2D eigenvalue weighted by molar-refractivity contribution is -0.157. The van der Waals surface area contributed by atoms with Gasteiger partial charge in [-0.15, -0.1) is 0 Å². The number of aromatic nitrogens is 1. The number of rotatable bonds is 4. The first-order valence-corrected chi connectivity index (χ1v) is 10.6. The molecule has 0 saturated carbocycles. The molecule has 0 aliphatic heterocycles. The molecule has 0 radical (unpaired) electrons. The number of carbonyl (C=O) groups excluding carboxylic acids is 1. The Hall–Kier alpha value is -2.85. The summed E-state index contributed by atoms with van der Waals surface area (Å²) in [5.41, 5.74) is 0.0955. The molecule has 1 atom stereocenters. The van der Waals surface area contributed by atoms with Crippen LogP contribution in [0.15, 0.2) is 62.2 Å². The summed E-state index contributed by atoms with van der Waals surface area (Å²) in [6.45, 7) is 0. The molecule has 1 heterocycles. The van der Waals surface area contributed by atoms with E-state index in [1.807, 2.05) is 0 Å². The topological polar surface area (TPSA) is 81.8 Å². The van der Waals surface area contributed by atoms with Crippen molar-refractivity contribution >= 4 is 27.2 Å². The van der Waals surface area contributed by atoms with Crippen LogP contribution < -0.4 is 4.74 Å². The summed E-state index contributed by atoms with van der Waals surface area (Å²) in [5, 5.41) is -0.526. The third-order valence-electron chi connectivity index (χ3n) is 3.99. The van der Waals surface area contributed by atoms with Gasteiger partial charge >= 0.3 is 12.1 Å². The first-order chi connectivity index (χ1) is 14.0. The Kier molecular flexibility index (Phi) is 5.91. The fourth-order valence-corrected chi connectivity index (χ4v) is 3.86. The monoisotopic (exact) mass is 458 g/mol. The smallest absolute Gasteiger partial charge is 0.469 e. The van der Waals surface area contributed by atoms with Gasteiger partial charge in [0.15, 0.2) is 0 Å². The van der Waals surface area contributed by atoms with Crippen LogP contribution >= 0.6 is 11.6 Å². The SMILES string of the molecule is COc1ccc(S(C)(=O)=NC(=O)c2ccc(-c3nc(C(F)(F)F)oc3Cl)cc2)cc1. The zero-order valence-corrected chi connectivity index (χ0v) is 17.1. The van der Waals surface area contributed by atoms with Gasteiger partial charge in [-0.25, -0.2) is 9.19 Å². The van der Waals surface area contributed by atoms with E-state index in [4.69, 9.17) is 16.3 Å². The van der Waals surface area contributed by atoms with Crippen molar-refractivity contribution in [1.82, 2.24) is 4.98 Å². The van der Waals surface area contributed by atoms with E-state index in [2.05, 4.69) is 13.8 Å². The highest BCUT2D eigenvalue weighted by atomic mass is 35.5. The summed E-state index contributed by atoms with van der Waals surface area (Å²) < 4.78 is 64.2. The Balaban J connectivity index is 1.87. The highest BCUT2D eigenvalue weighted by Crippen LogP contribution is 2.35. The van der Waals surface area contributed by atoms with E-state index in [9.17, 15) is 22.2 Å². The number of amides is 1. The molecule has 0 fully saturated rings. The van der Waals surface area contributed by atoms with Crippen LogP contribution in [0.5, 0.6) is 5.75 Å². The predicted molar refractivity (Wildman–Crippen MR) is 104 cm³/mol. The molecule has 11 heteroatoms. The number of hydrogen-bond acceptors (Lipinski definition) is 5. The predicted octanol–water partition coefficient (Wildman–Crippen LogP) is 5.32. The molecule has 0 aliphatic carbocycles. The normalized spacial score (nSPS) is 13.5. The fraction of sp³-hybridized carbons (Fsp3) is 0.158. The van der Waals surface area contributed by atoms with E-state index in [-0.39, 0.29) is 16.8 Å². The zero-order valence-electron chi connectivity index (χ0n) is 15.6. The van der Waals surface area contributed by atoms with Crippen LogP contribution in [0.3, 0.4) is 0 Å². The lowest BCUT2D eigenvalue weighted by Crippen LogP contribution is -2.05. The van der Waals surface area contributed by atoms with Crippen LogP contribution in [0.2, 0.25) is 5.22 Å². The van der Waals surface area contributed by atoms with Gasteiger partial charge in [-0.2, -0.15) is 17.5 Å². The molecule has 158 valence electrons. The van der Waals surface area contributed by atoms with E-state index in [1.165, 1.54) is 37.6 Å². The van der Waals surface area contributed by atoms with Crippen molar-refractivity contribution in [3.05, 3.63) is 65.2 Å². The number of carbonyl (C=O) groups is 1. The lowest BCUT2D eigenvalue weighted by Gasteiger charge is -2.06. The van der Waals surface area contributed by atoms with Crippen molar-refractivity contribution in [2.45, 2.75) is 11.1 Å². The van der Waals surface area contributed by atoms with E-state index < -0.39 is 32.9 Å². The number of ether oxygens (including phenoxy) is 1. The zero-order chi connectivity index (χ0) is 22.1. The number of hydrogen-bond donors (Lipinski definition) is 0. The average Bonchev–Trinajstić information content (AvgIpc) is 3.10. The number of oxazole rings is 1. The van der Waals surface area contributed by atoms with Gasteiger partial charge in [0.25, 0.3) is 5.91 Å². The van der Waals surface area contributed by atoms with Crippen LogP contribution in [0.25, 0.3) is 11.3 Å². The molecule has 2 aromatic carbocycles. The second-order valence-electron chi connectivity index (χ2n) is 6.09. The third kappa shape index (κ3) is 4.65.